The zero-order valence-electron chi connectivity index (χ0n) is 12.3. The van der Waals surface area contributed by atoms with E-state index >= 15 is 0 Å². The Kier molecular flexibility index (Phi) is 4.30. The Morgan fingerprint density at radius 1 is 1.20 bits per heavy atom. The van der Waals surface area contributed by atoms with Gasteiger partial charge in [0.15, 0.2) is 0 Å². The van der Waals surface area contributed by atoms with Gasteiger partial charge in [0, 0.05) is 44.0 Å². The van der Waals surface area contributed by atoms with E-state index in [0.717, 1.165) is 37.4 Å². The molecule has 1 aliphatic rings. The van der Waals surface area contributed by atoms with Crippen LogP contribution in [0.5, 0.6) is 0 Å². The van der Waals surface area contributed by atoms with Crippen molar-refractivity contribution in [1.82, 2.24) is 4.90 Å². The van der Waals surface area contributed by atoms with Crippen LogP contribution in [0.15, 0.2) is 24.3 Å². The van der Waals surface area contributed by atoms with Crippen LogP contribution >= 0.6 is 0 Å². The lowest BCUT2D eigenvalue weighted by Crippen LogP contribution is -2.50. The van der Waals surface area contributed by atoms with Crippen molar-refractivity contribution in [2.24, 2.45) is 5.73 Å². The molecular formula is C15H24N4O. The number of anilines is 1. The maximum atomic E-state index is 9.85. The van der Waals surface area contributed by atoms with Gasteiger partial charge in [0.2, 0.25) is 0 Å². The van der Waals surface area contributed by atoms with E-state index in [-0.39, 0.29) is 5.84 Å². The van der Waals surface area contributed by atoms with Crippen molar-refractivity contribution in [1.29, 1.82) is 5.41 Å². The summed E-state index contributed by atoms with van der Waals surface area (Å²) < 4.78 is 0. The molecule has 5 nitrogen and oxygen atoms in total. The molecule has 1 aromatic carbocycles. The standard InChI is InChI=1S/C15H24N4O/c1-15(2,20)11-18-7-9-19(10-8-18)13-5-3-12(4-6-13)14(16)17/h3-6,20H,7-11H2,1-2H3,(H3,16,17). The van der Waals surface area contributed by atoms with Gasteiger partial charge >= 0.3 is 0 Å². The minimum Gasteiger partial charge on any atom is -0.389 e. The van der Waals surface area contributed by atoms with Crippen molar-refractivity contribution >= 4 is 11.5 Å². The summed E-state index contributed by atoms with van der Waals surface area (Å²) in [4.78, 5) is 4.62. The topological polar surface area (TPSA) is 76.6 Å². The normalized spacial score (nSPS) is 17.2. The van der Waals surface area contributed by atoms with Gasteiger partial charge in [-0.05, 0) is 38.1 Å². The highest BCUT2D eigenvalue weighted by Gasteiger charge is 2.22. The van der Waals surface area contributed by atoms with Crippen LogP contribution in [0.3, 0.4) is 0 Å². The lowest BCUT2D eigenvalue weighted by Gasteiger charge is -2.38. The molecule has 0 bridgehead atoms. The van der Waals surface area contributed by atoms with Crippen molar-refractivity contribution < 1.29 is 5.11 Å². The number of nitrogens with one attached hydrogen (secondary N) is 1. The molecule has 1 fully saturated rings. The molecule has 110 valence electrons. The summed E-state index contributed by atoms with van der Waals surface area (Å²) in [6.45, 7) is 8.23. The van der Waals surface area contributed by atoms with Gasteiger partial charge < -0.3 is 15.7 Å². The molecule has 4 N–H and O–H groups in total. The molecule has 1 heterocycles. The minimum atomic E-state index is -0.634. The number of nitrogens with two attached hydrogens (primary N) is 1. The first kappa shape index (κ1) is 14.8. The number of hydrogen-bond donors (Lipinski definition) is 3. The van der Waals surface area contributed by atoms with Gasteiger partial charge in [-0.25, -0.2) is 0 Å². The lowest BCUT2D eigenvalue weighted by molar-refractivity contribution is 0.0345. The number of piperazine rings is 1. The molecule has 1 aliphatic heterocycles. The first-order valence-corrected chi connectivity index (χ1v) is 6.99. The summed E-state index contributed by atoms with van der Waals surface area (Å²) >= 11 is 0. The quantitative estimate of drug-likeness (QED) is 0.563. The maximum absolute atomic E-state index is 9.85. The Balaban J connectivity index is 1.92. The van der Waals surface area contributed by atoms with Crippen LogP contribution in [0.2, 0.25) is 0 Å². The third-order valence-corrected chi connectivity index (χ3v) is 3.53. The Hall–Kier alpha value is -1.59. The molecule has 0 unspecified atom stereocenters. The van der Waals surface area contributed by atoms with Gasteiger partial charge in [0.05, 0.1) is 5.60 Å². The number of benzene rings is 1. The number of nitrogens with zero attached hydrogens (tertiary/aromatic N) is 2. The van der Waals surface area contributed by atoms with Gasteiger partial charge in [-0.15, -0.1) is 0 Å². The predicted octanol–water partition coefficient (Wildman–Crippen LogP) is 0.864. The molecule has 5 heteroatoms. The predicted molar refractivity (Wildman–Crippen MR) is 82.4 cm³/mol. The van der Waals surface area contributed by atoms with Crippen LogP contribution in [-0.4, -0.2) is 54.2 Å². The molecule has 0 atom stereocenters. The fourth-order valence-corrected chi connectivity index (χ4v) is 2.56. The zero-order valence-corrected chi connectivity index (χ0v) is 12.3. The molecule has 20 heavy (non-hydrogen) atoms. The van der Waals surface area contributed by atoms with Crippen LogP contribution in [-0.2, 0) is 0 Å². The van der Waals surface area contributed by atoms with Crippen LogP contribution in [0, 0.1) is 5.41 Å². The van der Waals surface area contributed by atoms with Crippen molar-refractivity contribution in [2.45, 2.75) is 19.4 Å². The van der Waals surface area contributed by atoms with Gasteiger partial charge in [-0.3, -0.25) is 10.3 Å². The van der Waals surface area contributed by atoms with Crippen molar-refractivity contribution in [3.63, 3.8) is 0 Å². The largest absolute Gasteiger partial charge is 0.389 e. The number of hydrogen-bond acceptors (Lipinski definition) is 4. The van der Waals surface area contributed by atoms with E-state index in [9.17, 15) is 5.11 Å². The fourth-order valence-electron chi connectivity index (χ4n) is 2.56. The molecule has 0 radical (unpaired) electrons. The number of β-amino-alcohol motifs (C(OH)–C–C–N with tert-alkyl or cyclic N) is 1. The van der Waals surface area contributed by atoms with E-state index in [4.69, 9.17) is 11.1 Å². The second kappa shape index (κ2) is 5.81. The van der Waals surface area contributed by atoms with Gasteiger partial charge in [-0.2, -0.15) is 0 Å². The van der Waals surface area contributed by atoms with E-state index in [2.05, 4.69) is 9.80 Å². The van der Waals surface area contributed by atoms with Crippen LogP contribution in [0.4, 0.5) is 5.69 Å². The number of aliphatic hydroxyl groups is 1. The molecule has 0 saturated carbocycles. The monoisotopic (exact) mass is 276 g/mol. The third-order valence-electron chi connectivity index (χ3n) is 3.53. The molecule has 0 aromatic heterocycles. The first-order chi connectivity index (χ1) is 9.35. The van der Waals surface area contributed by atoms with E-state index in [0.29, 0.717) is 6.54 Å². The number of nitrogen functional groups attached to an aromatic ring is 1. The van der Waals surface area contributed by atoms with Crippen molar-refractivity contribution in [3.8, 4) is 0 Å². The second-order valence-electron chi connectivity index (χ2n) is 6.04. The van der Waals surface area contributed by atoms with Gasteiger partial charge in [-0.1, -0.05) is 0 Å². The highest BCUT2D eigenvalue weighted by Crippen LogP contribution is 2.18. The number of amidine groups is 1. The average molecular weight is 276 g/mol. The fraction of sp³-hybridized carbons (Fsp3) is 0.533. The molecule has 0 spiro atoms. The van der Waals surface area contributed by atoms with Crippen LogP contribution in [0.25, 0.3) is 0 Å². The smallest absolute Gasteiger partial charge is 0.122 e. The molecule has 0 amide bonds. The van der Waals surface area contributed by atoms with E-state index < -0.39 is 5.60 Å². The van der Waals surface area contributed by atoms with Gasteiger partial charge in [0.25, 0.3) is 0 Å². The minimum absolute atomic E-state index is 0.103. The molecule has 2 rings (SSSR count). The summed E-state index contributed by atoms with van der Waals surface area (Å²) in [7, 11) is 0. The number of rotatable bonds is 4. The van der Waals surface area contributed by atoms with Crippen molar-refractivity contribution in [2.75, 3.05) is 37.6 Å². The Morgan fingerprint density at radius 2 is 1.75 bits per heavy atom. The zero-order chi connectivity index (χ0) is 14.8. The molecule has 1 saturated heterocycles. The SMILES string of the molecule is CC(C)(O)CN1CCN(c2ccc(C(=N)N)cc2)CC1. The summed E-state index contributed by atoms with van der Waals surface area (Å²) in [5.74, 6) is 0.103. The summed E-state index contributed by atoms with van der Waals surface area (Å²) in [6.07, 6.45) is 0. The molecule has 0 aliphatic carbocycles. The maximum Gasteiger partial charge on any atom is 0.122 e. The highest BCUT2D eigenvalue weighted by atomic mass is 16.3. The molecule has 1 aromatic rings. The second-order valence-corrected chi connectivity index (χ2v) is 6.04. The van der Waals surface area contributed by atoms with E-state index in [1.54, 1.807) is 0 Å². The Morgan fingerprint density at radius 3 is 2.20 bits per heavy atom. The summed E-state index contributed by atoms with van der Waals surface area (Å²) in [6, 6.07) is 7.81. The summed E-state index contributed by atoms with van der Waals surface area (Å²) in [5, 5.41) is 17.2. The van der Waals surface area contributed by atoms with Crippen molar-refractivity contribution in [3.05, 3.63) is 29.8 Å². The highest BCUT2D eigenvalue weighted by molar-refractivity contribution is 5.95. The first-order valence-electron chi connectivity index (χ1n) is 6.99. The van der Waals surface area contributed by atoms with E-state index in [1.807, 2.05) is 38.1 Å². The van der Waals surface area contributed by atoms with Crippen LogP contribution < -0.4 is 10.6 Å². The van der Waals surface area contributed by atoms with Crippen LogP contribution in [0.1, 0.15) is 19.4 Å². The lowest BCUT2D eigenvalue weighted by atomic mass is 10.1. The Bertz CT molecular complexity index is 456. The molecular weight excluding hydrogens is 252 g/mol. The van der Waals surface area contributed by atoms with E-state index in [1.165, 1.54) is 0 Å². The summed E-state index contributed by atoms with van der Waals surface area (Å²) in [5.41, 5.74) is 6.75. The Labute approximate surface area is 120 Å². The third kappa shape index (κ3) is 3.95. The average Bonchev–Trinajstić information content (AvgIpc) is 2.38. The van der Waals surface area contributed by atoms with Gasteiger partial charge in [0.1, 0.15) is 5.84 Å².